The molecule has 0 aliphatic carbocycles. The van der Waals surface area contributed by atoms with Crippen LogP contribution in [-0.4, -0.2) is 25.5 Å². The molecule has 0 aromatic heterocycles. The first-order chi connectivity index (χ1) is 12.9. The molecule has 2 aromatic rings. The number of carbonyl (C=O) groups excluding carboxylic acids is 2. The van der Waals surface area contributed by atoms with Crippen molar-refractivity contribution in [2.24, 2.45) is 5.92 Å². The van der Waals surface area contributed by atoms with E-state index in [1.54, 1.807) is 36.4 Å². The fourth-order valence-corrected chi connectivity index (χ4v) is 3.24. The lowest BCUT2D eigenvalue weighted by Gasteiger charge is -2.18. The largest absolute Gasteiger partial charge is 0.495 e. The number of ether oxygens (including phenoxy) is 1. The Labute approximate surface area is 162 Å². The van der Waals surface area contributed by atoms with Gasteiger partial charge in [-0.15, -0.1) is 0 Å². The molecule has 1 fully saturated rings. The van der Waals surface area contributed by atoms with Crippen molar-refractivity contribution in [1.29, 1.82) is 5.26 Å². The molecule has 6 nitrogen and oxygen atoms in total. The maximum atomic E-state index is 12.7. The molecule has 1 unspecified atom stereocenters. The predicted molar refractivity (Wildman–Crippen MR) is 103 cm³/mol. The Morgan fingerprint density at radius 2 is 2.11 bits per heavy atom. The quantitative estimate of drug-likeness (QED) is 0.875. The molecule has 2 aromatic carbocycles. The summed E-state index contributed by atoms with van der Waals surface area (Å²) in [4.78, 5) is 26.6. The minimum atomic E-state index is -0.523. The molecular formula is C20H18ClN3O3. The number of anilines is 2. The highest BCUT2D eigenvalue weighted by Crippen LogP contribution is 2.33. The van der Waals surface area contributed by atoms with Crippen molar-refractivity contribution in [2.75, 3.05) is 23.9 Å². The Kier molecular flexibility index (Phi) is 5.33. The van der Waals surface area contributed by atoms with E-state index >= 15 is 0 Å². The van der Waals surface area contributed by atoms with Crippen LogP contribution in [-0.2, 0) is 9.59 Å². The Balaban J connectivity index is 1.79. The zero-order valence-electron chi connectivity index (χ0n) is 15.0. The molecular weight excluding hydrogens is 366 g/mol. The van der Waals surface area contributed by atoms with Gasteiger partial charge in [0.25, 0.3) is 0 Å². The number of rotatable bonds is 4. The van der Waals surface area contributed by atoms with Crippen LogP contribution in [0.15, 0.2) is 36.4 Å². The van der Waals surface area contributed by atoms with Gasteiger partial charge in [-0.1, -0.05) is 23.7 Å². The van der Waals surface area contributed by atoms with Crippen molar-refractivity contribution in [3.8, 4) is 11.8 Å². The summed E-state index contributed by atoms with van der Waals surface area (Å²) < 4.78 is 5.27. The van der Waals surface area contributed by atoms with Gasteiger partial charge in [0.15, 0.2) is 0 Å². The van der Waals surface area contributed by atoms with Crippen LogP contribution in [0.2, 0.25) is 5.02 Å². The molecule has 0 saturated carbocycles. The summed E-state index contributed by atoms with van der Waals surface area (Å²) in [6, 6.07) is 12.3. The van der Waals surface area contributed by atoms with E-state index < -0.39 is 5.92 Å². The SMILES string of the molecule is COc1cc(Cl)c(C)cc1NC(=O)C1CC(=O)N(c2ccccc2C#N)C1. The second kappa shape index (κ2) is 7.68. The van der Waals surface area contributed by atoms with Crippen LogP contribution in [0.5, 0.6) is 5.75 Å². The van der Waals surface area contributed by atoms with Gasteiger partial charge in [-0.25, -0.2) is 0 Å². The number of aryl methyl sites for hydroxylation is 1. The molecule has 3 rings (SSSR count). The molecule has 1 saturated heterocycles. The van der Waals surface area contributed by atoms with Crippen LogP contribution in [0.4, 0.5) is 11.4 Å². The van der Waals surface area contributed by atoms with Gasteiger partial charge in [-0.2, -0.15) is 5.26 Å². The Morgan fingerprint density at radius 1 is 1.37 bits per heavy atom. The van der Waals surface area contributed by atoms with Gasteiger partial charge >= 0.3 is 0 Å². The first kappa shape index (κ1) is 18.7. The van der Waals surface area contributed by atoms with Gasteiger partial charge < -0.3 is 15.0 Å². The molecule has 1 heterocycles. The number of benzene rings is 2. The first-order valence-corrected chi connectivity index (χ1v) is 8.77. The highest BCUT2D eigenvalue weighted by Gasteiger charge is 2.36. The topological polar surface area (TPSA) is 82.4 Å². The van der Waals surface area contributed by atoms with Crippen LogP contribution in [0.25, 0.3) is 0 Å². The number of nitrogens with zero attached hydrogens (tertiary/aromatic N) is 2. The standard InChI is InChI=1S/C20H18ClN3O3/c1-12-7-16(18(27-2)9-15(12)21)23-20(26)14-8-19(25)24(11-14)17-6-4-3-5-13(17)10-22/h3-7,9,14H,8,11H2,1-2H3,(H,23,26). The van der Waals surface area contributed by atoms with Crippen molar-refractivity contribution in [3.63, 3.8) is 0 Å². The third kappa shape index (κ3) is 3.74. The van der Waals surface area contributed by atoms with E-state index in [9.17, 15) is 14.9 Å². The lowest BCUT2D eigenvalue weighted by molar-refractivity contribution is -0.122. The highest BCUT2D eigenvalue weighted by atomic mass is 35.5. The van der Waals surface area contributed by atoms with Gasteiger partial charge in [-0.05, 0) is 30.7 Å². The lowest BCUT2D eigenvalue weighted by Crippen LogP contribution is -2.28. The smallest absolute Gasteiger partial charge is 0.229 e. The predicted octanol–water partition coefficient (Wildman–Crippen LogP) is 3.52. The number of methoxy groups -OCH3 is 1. The summed E-state index contributed by atoms with van der Waals surface area (Å²) in [5.41, 5.74) is 2.25. The Bertz CT molecular complexity index is 952. The van der Waals surface area contributed by atoms with Crippen LogP contribution in [0.1, 0.15) is 17.5 Å². The van der Waals surface area contributed by atoms with Crippen molar-refractivity contribution >= 4 is 34.8 Å². The fraction of sp³-hybridized carbons (Fsp3) is 0.250. The molecule has 0 radical (unpaired) electrons. The molecule has 1 aliphatic heterocycles. The summed E-state index contributed by atoms with van der Waals surface area (Å²) in [5.74, 6) is -0.530. The number of hydrogen-bond donors (Lipinski definition) is 1. The number of nitrogens with one attached hydrogen (secondary N) is 1. The second-order valence-corrected chi connectivity index (χ2v) is 6.73. The third-order valence-corrected chi connectivity index (χ3v) is 4.96. The van der Waals surface area contributed by atoms with Crippen molar-refractivity contribution in [3.05, 3.63) is 52.5 Å². The zero-order valence-corrected chi connectivity index (χ0v) is 15.7. The summed E-state index contributed by atoms with van der Waals surface area (Å²) in [6.45, 7) is 2.05. The number of carbonyl (C=O) groups is 2. The minimum Gasteiger partial charge on any atom is -0.495 e. The number of hydrogen-bond acceptors (Lipinski definition) is 4. The van der Waals surface area contributed by atoms with Crippen molar-refractivity contribution < 1.29 is 14.3 Å². The summed E-state index contributed by atoms with van der Waals surface area (Å²) in [6.07, 6.45) is 0.0838. The van der Waals surface area contributed by atoms with Gasteiger partial charge in [0.2, 0.25) is 11.8 Å². The van der Waals surface area contributed by atoms with Gasteiger partial charge in [0.05, 0.1) is 30.0 Å². The Morgan fingerprint density at radius 3 is 2.81 bits per heavy atom. The first-order valence-electron chi connectivity index (χ1n) is 8.39. The van der Waals surface area contributed by atoms with E-state index in [2.05, 4.69) is 11.4 Å². The van der Waals surface area contributed by atoms with Gasteiger partial charge in [0, 0.05) is 24.1 Å². The normalized spacial score (nSPS) is 16.1. The minimum absolute atomic E-state index is 0.0838. The van der Waals surface area contributed by atoms with Crippen LogP contribution >= 0.6 is 11.6 Å². The second-order valence-electron chi connectivity index (χ2n) is 6.33. The Hall–Kier alpha value is -3.04. The molecule has 1 N–H and O–H groups in total. The van der Waals surface area contributed by atoms with E-state index in [1.807, 2.05) is 6.92 Å². The average molecular weight is 384 g/mol. The average Bonchev–Trinajstić information content (AvgIpc) is 3.06. The number of amides is 2. The van der Waals surface area contributed by atoms with Crippen molar-refractivity contribution in [2.45, 2.75) is 13.3 Å². The maximum Gasteiger partial charge on any atom is 0.229 e. The maximum absolute atomic E-state index is 12.7. The van der Waals surface area contributed by atoms with Gasteiger partial charge in [-0.3, -0.25) is 9.59 Å². The molecule has 138 valence electrons. The zero-order chi connectivity index (χ0) is 19.6. The third-order valence-electron chi connectivity index (χ3n) is 4.55. The van der Waals surface area contributed by atoms with E-state index in [0.717, 1.165) is 5.56 Å². The number of para-hydroxylation sites is 1. The fourth-order valence-electron chi connectivity index (χ4n) is 3.08. The van der Waals surface area contributed by atoms with E-state index in [4.69, 9.17) is 16.3 Å². The molecule has 1 atom stereocenters. The van der Waals surface area contributed by atoms with E-state index in [1.165, 1.54) is 12.0 Å². The number of nitriles is 1. The summed E-state index contributed by atoms with van der Waals surface area (Å²) in [5, 5.41) is 12.6. The van der Waals surface area contributed by atoms with E-state index in [0.29, 0.717) is 27.7 Å². The highest BCUT2D eigenvalue weighted by molar-refractivity contribution is 6.31. The molecule has 0 spiro atoms. The number of halogens is 1. The van der Waals surface area contributed by atoms with Gasteiger partial charge in [0.1, 0.15) is 11.8 Å². The molecule has 27 heavy (non-hydrogen) atoms. The molecule has 0 bridgehead atoms. The van der Waals surface area contributed by atoms with Crippen LogP contribution in [0.3, 0.4) is 0 Å². The molecule has 2 amide bonds. The lowest BCUT2D eigenvalue weighted by atomic mass is 10.1. The van der Waals surface area contributed by atoms with Crippen LogP contribution < -0.4 is 15.0 Å². The molecule has 1 aliphatic rings. The monoisotopic (exact) mass is 383 g/mol. The van der Waals surface area contributed by atoms with Crippen molar-refractivity contribution in [1.82, 2.24) is 0 Å². The summed E-state index contributed by atoms with van der Waals surface area (Å²) in [7, 11) is 1.50. The van der Waals surface area contributed by atoms with E-state index in [-0.39, 0.29) is 24.8 Å². The molecule has 7 heteroatoms. The summed E-state index contributed by atoms with van der Waals surface area (Å²) >= 11 is 6.09. The van der Waals surface area contributed by atoms with Crippen LogP contribution in [0, 0.1) is 24.2 Å².